The number of aromatic nitrogens is 2. The number of hydrogen-bond acceptors (Lipinski definition) is 9. The number of morpholine rings is 1. The first kappa shape index (κ1) is 22.3. The van der Waals surface area contributed by atoms with Gasteiger partial charge < -0.3 is 24.2 Å². The van der Waals surface area contributed by atoms with Gasteiger partial charge in [0.1, 0.15) is 19.0 Å². The monoisotopic (exact) mass is 449 g/mol. The van der Waals surface area contributed by atoms with Crippen molar-refractivity contribution in [3.05, 3.63) is 65.9 Å². The Kier molecular flexibility index (Phi) is 7.55. The van der Waals surface area contributed by atoms with Crippen LogP contribution in [-0.2, 0) is 4.74 Å². The minimum Gasteiger partial charge on any atom is -0.506 e. The van der Waals surface area contributed by atoms with E-state index < -0.39 is 0 Å². The average Bonchev–Trinajstić information content (AvgIpc) is 2.83. The van der Waals surface area contributed by atoms with Crippen molar-refractivity contribution < 1.29 is 19.3 Å². The van der Waals surface area contributed by atoms with Gasteiger partial charge in [0.15, 0.2) is 5.82 Å². The average molecular weight is 450 g/mol. The molecule has 0 unspecified atom stereocenters. The lowest BCUT2D eigenvalue weighted by Crippen LogP contribution is -2.36. The summed E-state index contributed by atoms with van der Waals surface area (Å²) in [7, 11) is 0. The van der Waals surface area contributed by atoms with Gasteiger partial charge in [0, 0.05) is 37.0 Å². The third kappa shape index (κ3) is 6.81. The number of hydrogen-bond donors (Lipinski definition) is 2. The minimum absolute atomic E-state index is 0.0906. The fourth-order valence-electron chi connectivity index (χ4n) is 3.30. The van der Waals surface area contributed by atoms with E-state index in [1.165, 1.54) is 17.8 Å². The van der Waals surface area contributed by atoms with Crippen LogP contribution in [0, 0.1) is 6.92 Å². The molecule has 2 N–H and O–H groups in total. The molecule has 0 radical (unpaired) electrons. The zero-order valence-corrected chi connectivity index (χ0v) is 18.5. The van der Waals surface area contributed by atoms with E-state index >= 15 is 0 Å². The molecule has 172 valence electrons. The van der Waals surface area contributed by atoms with Crippen LogP contribution in [0.25, 0.3) is 0 Å². The Morgan fingerprint density at radius 1 is 1.09 bits per heavy atom. The molecule has 1 aliphatic heterocycles. The maximum Gasteiger partial charge on any atom is 0.217 e. The molecule has 0 spiro atoms. The molecule has 3 heterocycles. The summed E-state index contributed by atoms with van der Waals surface area (Å²) in [5.41, 5.74) is 6.17. The zero-order chi connectivity index (χ0) is 22.9. The first-order chi connectivity index (χ1) is 16.2. The number of hydrazone groups is 1. The van der Waals surface area contributed by atoms with Crippen molar-refractivity contribution in [2.75, 3.05) is 49.8 Å². The van der Waals surface area contributed by atoms with Crippen LogP contribution in [0.2, 0.25) is 0 Å². The van der Waals surface area contributed by atoms with E-state index in [4.69, 9.17) is 14.2 Å². The summed E-state index contributed by atoms with van der Waals surface area (Å²) in [6, 6.07) is 15.1. The molecule has 0 saturated carbocycles. The van der Waals surface area contributed by atoms with Gasteiger partial charge in [0.05, 0.1) is 25.6 Å². The maximum atomic E-state index is 9.30. The second-order valence-electron chi connectivity index (χ2n) is 7.48. The first-order valence-corrected chi connectivity index (χ1v) is 10.8. The fraction of sp³-hybridized carbons (Fsp3) is 0.292. The van der Waals surface area contributed by atoms with Crippen molar-refractivity contribution in [1.29, 1.82) is 0 Å². The molecule has 1 aliphatic rings. The SMILES string of the molecule is Cc1cccc(/C=N/Nc2cc(N3CCOCC3)cc(OCCOc3ccc(O)cn3)n2)c1. The van der Waals surface area contributed by atoms with Gasteiger partial charge in [0.25, 0.3) is 0 Å². The molecule has 0 bridgehead atoms. The maximum absolute atomic E-state index is 9.30. The number of ether oxygens (including phenoxy) is 3. The van der Waals surface area contributed by atoms with Gasteiger partial charge in [0.2, 0.25) is 11.8 Å². The Hall–Kier alpha value is -3.85. The van der Waals surface area contributed by atoms with Gasteiger partial charge in [-0.1, -0.05) is 29.8 Å². The molecule has 2 aromatic heterocycles. The van der Waals surface area contributed by atoms with Crippen LogP contribution in [0.4, 0.5) is 11.5 Å². The number of nitrogens with zero attached hydrogens (tertiary/aromatic N) is 4. The van der Waals surface area contributed by atoms with E-state index in [1.54, 1.807) is 12.3 Å². The Morgan fingerprint density at radius 2 is 1.91 bits per heavy atom. The summed E-state index contributed by atoms with van der Waals surface area (Å²) >= 11 is 0. The summed E-state index contributed by atoms with van der Waals surface area (Å²) in [4.78, 5) is 10.7. The Bertz CT molecular complexity index is 1070. The number of anilines is 2. The van der Waals surface area contributed by atoms with Gasteiger partial charge in [-0.05, 0) is 18.6 Å². The number of aromatic hydroxyl groups is 1. The lowest BCUT2D eigenvalue weighted by atomic mass is 10.2. The normalized spacial score (nSPS) is 13.8. The third-order valence-corrected chi connectivity index (χ3v) is 4.90. The molecule has 9 heteroatoms. The smallest absolute Gasteiger partial charge is 0.217 e. The molecule has 3 aromatic rings. The highest BCUT2D eigenvalue weighted by molar-refractivity contribution is 5.80. The van der Waals surface area contributed by atoms with Crippen molar-refractivity contribution in [2.45, 2.75) is 6.92 Å². The number of pyridine rings is 2. The minimum atomic E-state index is 0.0906. The molecular weight excluding hydrogens is 422 g/mol. The van der Waals surface area contributed by atoms with Gasteiger partial charge in [-0.15, -0.1) is 0 Å². The van der Waals surface area contributed by atoms with Gasteiger partial charge >= 0.3 is 0 Å². The molecule has 0 atom stereocenters. The van der Waals surface area contributed by atoms with Crippen LogP contribution in [0.3, 0.4) is 0 Å². The highest BCUT2D eigenvalue weighted by Gasteiger charge is 2.14. The fourth-order valence-corrected chi connectivity index (χ4v) is 3.30. The molecule has 9 nitrogen and oxygen atoms in total. The standard InChI is InChI=1S/C24H27N5O4/c1-18-3-2-4-19(13-18)16-26-28-22-14-20(29-7-9-31-10-8-29)15-24(27-22)33-12-11-32-23-6-5-21(30)17-25-23/h2-6,13-17,30H,7-12H2,1H3,(H,27,28)/b26-16+. The molecule has 0 amide bonds. The van der Waals surface area contributed by atoms with Crippen LogP contribution >= 0.6 is 0 Å². The summed E-state index contributed by atoms with van der Waals surface area (Å²) < 4.78 is 16.9. The molecule has 1 fully saturated rings. The summed E-state index contributed by atoms with van der Waals surface area (Å²) in [5, 5.41) is 13.6. The Balaban J connectivity index is 1.41. The van der Waals surface area contributed by atoms with E-state index in [0.29, 0.717) is 30.8 Å². The second-order valence-corrected chi connectivity index (χ2v) is 7.48. The molecule has 1 aromatic carbocycles. The lowest BCUT2D eigenvalue weighted by Gasteiger charge is -2.29. The zero-order valence-electron chi connectivity index (χ0n) is 18.5. The summed E-state index contributed by atoms with van der Waals surface area (Å²) in [5.74, 6) is 1.56. The van der Waals surface area contributed by atoms with E-state index in [2.05, 4.69) is 31.5 Å². The van der Waals surface area contributed by atoms with Crippen molar-refractivity contribution in [2.24, 2.45) is 5.10 Å². The largest absolute Gasteiger partial charge is 0.506 e. The molecule has 1 saturated heterocycles. The van der Waals surface area contributed by atoms with Crippen LogP contribution in [0.1, 0.15) is 11.1 Å². The third-order valence-electron chi connectivity index (χ3n) is 4.90. The molecule has 0 aliphatic carbocycles. The van der Waals surface area contributed by atoms with Crippen LogP contribution < -0.4 is 19.8 Å². The second kappa shape index (κ2) is 11.1. The predicted octanol–water partition coefficient (Wildman–Crippen LogP) is 3.23. The predicted molar refractivity (Wildman–Crippen MR) is 127 cm³/mol. The number of benzene rings is 1. The van der Waals surface area contributed by atoms with E-state index in [1.807, 2.05) is 37.3 Å². The lowest BCUT2D eigenvalue weighted by molar-refractivity contribution is 0.122. The summed E-state index contributed by atoms with van der Waals surface area (Å²) in [6.07, 6.45) is 3.09. The van der Waals surface area contributed by atoms with Crippen LogP contribution in [-0.4, -0.2) is 60.8 Å². The van der Waals surface area contributed by atoms with Gasteiger partial charge in [-0.3, -0.25) is 5.43 Å². The number of nitrogens with one attached hydrogen (secondary N) is 1. The Labute approximate surface area is 192 Å². The number of aryl methyl sites for hydroxylation is 1. The van der Waals surface area contributed by atoms with Gasteiger partial charge in [-0.2, -0.15) is 10.1 Å². The van der Waals surface area contributed by atoms with E-state index in [0.717, 1.165) is 24.3 Å². The summed E-state index contributed by atoms with van der Waals surface area (Å²) in [6.45, 7) is 5.57. The van der Waals surface area contributed by atoms with E-state index in [-0.39, 0.29) is 19.0 Å². The quantitative estimate of drug-likeness (QED) is 0.292. The Morgan fingerprint density at radius 3 is 2.67 bits per heavy atom. The highest BCUT2D eigenvalue weighted by Crippen LogP contribution is 2.25. The topological polar surface area (TPSA) is 101 Å². The molecule has 4 rings (SSSR count). The van der Waals surface area contributed by atoms with Crippen LogP contribution in [0.15, 0.2) is 59.8 Å². The van der Waals surface area contributed by atoms with Crippen molar-refractivity contribution in [3.63, 3.8) is 0 Å². The number of rotatable bonds is 9. The molecular formula is C24H27N5O4. The molecule has 33 heavy (non-hydrogen) atoms. The van der Waals surface area contributed by atoms with Crippen molar-refractivity contribution in [3.8, 4) is 17.5 Å². The van der Waals surface area contributed by atoms with Crippen LogP contribution in [0.5, 0.6) is 17.5 Å². The van der Waals surface area contributed by atoms with E-state index in [9.17, 15) is 5.11 Å². The highest BCUT2D eigenvalue weighted by atomic mass is 16.5. The van der Waals surface area contributed by atoms with Crippen molar-refractivity contribution in [1.82, 2.24) is 9.97 Å². The first-order valence-electron chi connectivity index (χ1n) is 10.8. The van der Waals surface area contributed by atoms with Gasteiger partial charge in [-0.25, -0.2) is 4.98 Å². The van der Waals surface area contributed by atoms with Crippen molar-refractivity contribution >= 4 is 17.7 Å².